The average Bonchev–Trinajstić information content (AvgIpc) is 2.96. The molecule has 0 spiro atoms. The number of halogens is 1. The molecule has 1 aliphatic rings. The summed E-state index contributed by atoms with van der Waals surface area (Å²) < 4.78 is 19.5. The van der Waals surface area contributed by atoms with Crippen LogP contribution in [0.4, 0.5) is 21.5 Å². The van der Waals surface area contributed by atoms with E-state index in [-0.39, 0.29) is 17.8 Å². The van der Waals surface area contributed by atoms with E-state index < -0.39 is 0 Å². The lowest BCUT2D eigenvalue weighted by Crippen LogP contribution is -2.24. The van der Waals surface area contributed by atoms with Crippen LogP contribution in [-0.2, 0) is 9.53 Å². The Hall–Kier alpha value is -2.86. The first-order chi connectivity index (χ1) is 12.6. The number of hydrogen-bond donors (Lipinski definition) is 3. The largest absolute Gasteiger partial charge is 0.383 e. The molecule has 2 aromatic rings. The third-order valence-corrected chi connectivity index (χ3v) is 4.28. The van der Waals surface area contributed by atoms with Gasteiger partial charge in [-0.25, -0.2) is 4.39 Å². The van der Waals surface area contributed by atoms with Crippen molar-refractivity contribution >= 4 is 28.5 Å². The van der Waals surface area contributed by atoms with Crippen LogP contribution in [0.25, 0.3) is 5.57 Å². The van der Waals surface area contributed by atoms with Crippen LogP contribution in [0.3, 0.4) is 0 Å². The lowest BCUT2D eigenvalue weighted by molar-refractivity contribution is -0.110. The topological polar surface area (TPSA) is 62.4 Å². The molecule has 1 heterocycles. The number of nitrogens with one attached hydrogen (secondary N) is 3. The Morgan fingerprint density at radius 2 is 2.08 bits per heavy atom. The molecule has 0 saturated carbocycles. The van der Waals surface area contributed by atoms with E-state index in [1.807, 2.05) is 31.2 Å². The highest BCUT2D eigenvalue weighted by Crippen LogP contribution is 2.31. The van der Waals surface area contributed by atoms with Gasteiger partial charge in [0, 0.05) is 36.3 Å². The number of hydrogen-bond acceptors (Lipinski definition) is 4. The maximum absolute atomic E-state index is 14.4. The predicted octanol–water partition coefficient (Wildman–Crippen LogP) is 4.07. The van der Waals surface area contributed by atoms with Crippen LogP contribution < -0.4 is 16.0 Å². The summed E-state index contributed by atoms with van der Waals surface area (Å²) in [6.07, 6.45) is 2.43. The first-order valence-electron chi connectivity index (χ1n) is 8.55. The minimum absolute atomic E-state index is 0.0501. The van der Waals surface area contributed by atoms with Gasteiger partial charge in [-0.05, 0) is 30.7 Å². The average molecular weight is 355 g/mol. The number of rotatable bonds is 7. The molecule has 2 aromatic carbocycles. The Morgan fingerprint density at radius 3 is 2.81 bits per heavy atom. The molecule has 0 aliphatic carbocycles. The summed E-state index contributed by atoms with van der Waals surface area (Å²) in [5.41, 5.74) is 3.12. The van der Waals surface area contributed by atoms with Crippen molar-refractivity contribution in [3.8, 4) is 0 Å². The molecule has 1 amide bonds. The van der Waals surface area contributed by atoms with Crippen molar-refractivity contribution < 1.29 is 13.9 Å². The molecule has 1 atom stereocenters. The molecule has 26 heavy (non-hydrogen) atoms. The van der Waals surface area contributed by atoms with Crippen LogP contribution in [0.1, 0.15) is 18.9 Å². The molecule has 5 nitrogen and oxygen atoms in total. The van der Waals surface area contributed by atoms with Gasteiger partial charge in [0.05, 0.1) is 17.9 Å². The van der Waals surface area contributed by atoms with E-state index in [0.29, 0.717) is 23.6 Å². The van der Waals surface area contributed by atoms with Gasteiger partial charge in [-0.1, -0.05) is 25.1 Å². The van der Waals surface area contributed by atoms with Crippen LogP contribution in [0.15, 0.2) is 48.7 Å². The molecular weight excluding hydrogens is 333 g/mol. The number of para-hydroxylation sites is 1. The van der Waals surface area contributed by atoms with Crippen LogP contribution in [0.5, 0.6) is 0 Å². The fourth-order valence-corrected chi connectivity index (χ4v) is 2.84. The van der Waals surface area contributed by atoms with Crippen molar-refractivity contribution in [1.82, 2.24) is 0 Å². The van der Waals surface area contributed by atoms with Crippen molar-refractivity contribution in [2.45, 2.75) is 19.4 Å². The standard InChI is InChI=1S/C20H22FN3O2/c1-3-13(12-26-2)23-19-9-8-14(10-17(19)21)22-11-16-15-6-4-5-7-18(15)24-20(16)25/h4-11,13,22-23H,3,12H2,1-2H3,(H,24,25)/b16-11-. The van der Waals surface area contributed by atoms with Crippen molar-refractivity contribution in [3.63, 3.8) is 0 Å². The number of amides is 1. The zero-order chi connectivity index (χ0) is 18.5. The molecule has 136 valence electrons. The van der Waals surface area contributed by atoms with Gasteiger partial charge in [-0.3, -0.25) is 4.79 Å². The second kappa shape index (κ2) is 8.01. The summed E-state index contributed by atoms with van der Waals surface area (Å²) in [5, 5.41) is 8.94. The minimum atomic E-state index is -0.362. The second-order valence-electron chi connectivity index (χ2n) is 6.10. The Labute approximate surface area is 152 Å². The van der Waals surface area contributed by atoms with Gasteiger partial charge in [-0.2, -0.15) is 0 Å². The zero-order valence-electron chi connectivity index (χ0n) is 14.8. The molecule has 0 radical (unpaired) electrons. The van der Waals surface area contributed by atoms with Crippen molar-refractivity contribution in [3.05, 3.63) is 60.0 Å². The lowest BCUT2D eigenvalue weighted by Gasteiger charge is -2.18. The molecule has 0 fully saturated rings. The normalized spacial score (nSPS) is 15.5. The van der Waals surface area contributed by atoms with Gasteiger partial charge in [0.2, 0.25) is 0 Å². The monoisotopic (exact) mass is 355 g/mol. The lowest BCUT2D eigenvalue weighted by atomic mass is 10.1. The molecule has 1 unspecified atom stereocenters. The first kappa shape index (κ1) is 17.9. The molecule has 0 saturated heterocycles. The van der Waals surface area contributed by atoms with E-state index in [0.717, 1.165) is 17.7 Å². The van der Waals surface area contributed by atoms with E-state index in [9.17, 15) is 9.18 Å². The van der Waals surface area contributed by atoms with Crippen molar-refractivity contribution in [2.75, 3.05) is 29.7 Å². The third-order valence-electron chi connectivity index (χ3n) is 4.28. The van der Waals surface area contributed by atoms with Gasteiger partial charge in [0.25, 0.3) is 5.91 Å². The highest BCUT2D eigenvalue weighted by atomic mass is 19.1. The van der Waals surface area contributed by atoms with E-state index in [1.165, 1.54) is 6.07 Å². The molecular formula is C20H22FN3O2. The third kappa shape index (κ3) is 3.86. The molecule has 1 aliphatic heterocycles. The number of ether oxygens (including phenoxy) is 1. The predicted molar refractivity (Wildman–Crippen MR) is 103 cm³/mol. The summed E-state index contributed by atoms with van der Waals surface area (Å²) in [6.45, 7) is 2.53. The SMILES string of the molecule is CCC(COC)Nc1ccc(N/C=C2\C(=O)Nc3ccccc32)cc1F. The van der Waals surface area contributed by atoms with Gasteiger partial charge >= 0.3 is 0 Å². The van der Waals surface area contributed by atoms with Gasteiger partial charge < -0.3 is 20.7 Å². The van der Waals surface area contributed by atoms with Crippen molar-refractivity contribution in [2.24, 2.45) is 0 Å². The zero-order valence-corrected chi connectivity index (χ0v) is 14.8. The Balaban J connectivity index is 1.73. The quantitative estimate of drug-likeness (QED) is 0.655. The Morgan fingerprint density at radius 1 is 1.27 bits per heavy atom. The highest BCUT2D eigenvalue weighted by Gasteiger charge is 2.23. The highest BCUT2D eigenvalue weighted by molar-refractivity contribution is 6.31. The number of benzene rings is 2. The van der Waals surface area contributed by atoms with Crippen LogP contribution in [0.2, 0.25) is 0 Å². The summed E-state index contributed by atoms with van der Waals surface area (Å²) in [4.78, 5) is 12.1. The maximum Gasteiger partial charge on any atom is 0.257 e. The van der Waals surface area contributed by atoms with Gasteiger partial charge in [0.1, 0.15) is 5.82 Å². The fourth-order valence-electron chi connectivity index (χ4n) is 2.84. The van der Waals surface area contributed by atoms with Crippen LogP contribution >= 0.6 is 0 Å². The summed E-state index contributed by atoms with van der Waals surface area (Å²) >= 11 is 0. The number of carbonyl (C=O) groups is 1. The van der Waals surface area contributed by atoms with Crippen molar-refractivity contribution in [1.29, 1.82) is 0 Å². The van der Waals surface area contributed by atoms with E-state index in [1.54, 1.807) is 25.4 Å². The molecule has 0 bridgehead atoms. The fraction of sp³-hybridized carbons (Fsp3) is 0.250. The number of anilines is 3. The number of carbonyl (C=O) groups excluding carboxylic acids is 1. The molecule has 3 rings (SSSR count). The Kier molecular flexibility index (Phi) is 5.53. The Bertz CT molecular complexity index is 836. The number of fused-ring (bicyclic) bond motifs is 1. The van der Waals surface area contributed by atoms with Crippen LogP contribution in [-0.4, -0.2) is 25.7 Å². The maximum atomic E-state index is 14.4. The summed E-state index contributed by atoms with van der Waals surface area (Å²) in [7, 11) is 1.62. The second-order valence-corrected chi connectivity index (χ2v) is 6.10. The van der Waals surface area contributed by atoms with Crippen LogP contribution in [0, 0.1) is 5.82 Å². The van der Waals surface area contributed by atoms with E-state index in [4.69, 9.17) is 4.74 Å². The van der Waals surface area contributed by atoms with Gasteiger partial charge in [-0.15, -0.1) is 0 Å². The van der Waals surface area contributed by atoms with Gasteiger partial charge in [0.15, 0.2) is 0 Å². The molecule has 6 heteroatoms. The van der Waals surface area contributed by atoms with E-state index >= 15 is 0 Å². The minimum Gasteiger partial charge on any atom is -0.383 e. The number of methoxy groups -OCH3 is 1. The summed E-state index contributed by atoms with van der Waals surface area (Å²) in [6, 6.07) is 12.3. The van der Waals surface area contributed by atoms with E-state index in [2.05, 4.69) is 16.0 Å². The molecule has 3 N–H and O–H groups in total. The molecule has 0 aromatic heterocycles. The summed E-state index contributed by atoms with van der Waals surface area (Å²) in [5.74, 6) is -0.540. The first-order valence-corrected chi connectivity index (χ1v) is 8.55. The smallest absolute Gasteiger partial charge is 0.257 e.